The van der Waals surface area contributed by atoms with Gasteiger partial charge in [0.05, 0.1) is 12.6 Å². The zero-order chi connectivity index (χ0) is 17.5. The van der Waals surface area contributed by atoms with E-state index in [9.17, 15) is 14.0 Å². The fraction of sp³-hybridized carbons (Fsp3) is 0.529. The monoisotopic (exact) mass is 337 g/mol. The lowest BCUT2D eigenvalue weighted by molar-refractivity contribution is -0.124. The second-order valence-electron chi connectivity index (χ2n) is 6.05. The number of benzene rings is 1. The Hall–Kier alpha value is -2.15. The number of amides is 3. The van der Waals surface area contributed by atoms with Gasteiger partial charge in [0.2, 0.25) is 5.91 Å². The Morgan fingerprint density at radius 1 is 1.33 bits per heavy atom. The Morgan fingerprint density at radius 3 is 2.62 bits per heavy atom. The molecule has 0 bridgehead atoms. The highest BCUT2D eigenvalue weighted by molar-refractivity contribution is 5.96. The van der Waals surface area contributed by atoms with Crippen molar-refractivity contribution in [3.8, 4) is 5.75 Å². The van der Waals surface area contributed by atoms with Gasteiger partial charge in [0.1, 0.15) is 11.6 Å². The second kappa shape index (κ2) is 8.63. The molecule has 2 N–H and O–H groups in total. The van der Waals surface area contributed by atoms with E-state index >= 15 is 0 Å². The van der Waals surface area contributed by atoms with Crippen molar-refractivity contribution in [3.63, 3.8) is 0 Å². The van der Waals surface area contributed by atoms with E-state index in [-0.39, 0.29) is 17.8 Å². The molecule has 0 aromatic heterocycles. The first kappa shape index (κ1) is 18.2. The van der Waals surface area contributed by atoms with Crippen molar-refractivity contribution in [2.45, 2.75) is 38.3 Å². The van der Waals surface area contributed by atoms with Crippen LogP contribution in [0.2, 0.25) is 0 Å². The number of hydrogen-bond donors (Lipinski definition) is 2. The van der Waals surface area contributed by atoms with Gasteiger partial charge in [-0.2, -0.15) is 0 Å². The largest absolute Gasteiger partial charge is 0.494 e. The van der Waals surface area contributed by atoms with E-state index in [1.165, 1.54) is 12.1 Å². The van der Waals surface area contributed by atoms with Crippen molar-refractivity contribution < 1.29 is 18.7 Å². The van der Waals surface area contributed by atoms with Crippen LogP contribution >= 0.6 is 0 Å². The third kappa shape index (κ3) is 6.16. The maximum atomic E-state index is 12.8. The van der Waals surface area contributed by atoms with Gasteiger partial charge in [-0.25, -0.2) is 9.18 Å². The molecule has 1 saturated carbocycles. The van der Waals surface area contributed by atoms with Gasteiger partial charge in [-0.05, 0) is 57.5 Å². The summed E-state index contributed by atoms with van der Waals surface area (Å²) < 4.78 is 18.3. The molecular weight excluding hydrogens is 313 g/mol. The molecule has 0 unspecified atom stereocenters. The topological polar surface area (TPSA) is 70.7 Å². The predicted molar refractivity (Wildman–Crippen MR) is 88.3 cm³/mol. The summed E-state index contributed by atoms with van der Waals surface area (Å²) in [6, 6.07) is 5.22. The normalized spacial score (nSPS) is 15.0. The molecule has 0 saturated heterocycles. The van der Waals surface area contributed by atoms with Gasteiger partial charge >= 0.3 is 6.03 Å². The van der Waals surface area contributed by atoms with Gasteiger partial charge in [0.25, 0.3) is 0 Å². The fourth-order valence-electron chi connectivity index (χ4n) is 2.09. The van der Waals surface area contributed by atoms with Gasteiger partial charge in [-0.3, -0.25) is 15.0 Å². The Morgan fingerprint density at radius 2 is 2.00 bits per heavy atom. The van der Waals surface area contributed by atoms with Gasteiger partial charge in [0.15, 0.2) is 0 Å². The number of ether oxygens (including phenoxy) is 1. The summed E-state index contributed by atoms with van der Waals surface area (Å²) in [7, 11) is 1.82. The van der Waals surface area contributed by atoms with Crippen LogP contribution in [0, 0.1) is 5.82 Å². The zero-order valence-corrected chi connectivity index (χ0v) is 14.0. The third-order valence-electron chi connectivity index (χ3n) is 3.93. The minimum absolute atomic E-state index is 0.217. The molecule has 1 aromatic carbocycles. The number of halogens is 1. The molecule has 0 heterocycles. The van der Waals surface area contributed by atoms with E-state index in [1.807, 2.05) is 11.9 Å². The van der Waals surface area contributed by atoms with Crippen LogP contribution in [0.25, 0.3) is 0 Å². The highest BCUT2D eigenvalue weighted by Crippen LogP contribution is 2.18. The molecule has 1 aliphatic rings. The molecule has 6 nitrogen and oxygen atoms in total. The van der Waals surface area contributed by atoms with Crippen molar-refractivity contribution in [1.82, 2.24) is 15.5 Å². The number of hydrogen-bond acceptors (Lipinski definition) is 4. The van der Waals surface area contributed by atoms with Gasteiger partial charge in [0, 0.05) is 12.6 Å². The minimum atomic E-state index is -0.428. The lowest BCUT2D eigenvalue weighted by Gasteiger charge is -2.23. The van der Waals surface area contributed by atoms with Gasteiger partial charge in [-0.1, -0.05) is 0 Å². The summed E-state index contributed by atoms with van der Waals surface area (Å²) in [5.41, 5.74) is 0. The average Bonchev–Trinajstić information content (AvgIpc) is 3.36. The maximum absolute atomic E-state index is 12.8. The lowest BCUT2D eigenvalue weighted by atomic mass is 10.2. The molecule has 1 atom stereocenters. The number of nitrogens with one attached hydrogen (secondary N) is 2. The Balaban J connectivity index is 1.63. The van der Waals surface area contributed by atoms with E-state index in [2.05, 4.69) is 10.6 Å². The summed E-state index contributed by atoms with van der Waals surface area (Å²) in [5.74, 6) is -0.00987. The molecule has 1 aromatic rings. The van der Waals surface area contributed by atoms with Crippen LogP contribution in [-0.2, 0) is 4.79 Å². The minimum Gasteiger partial charge on any atom is -0.494 e. The number of carbonyl (C=O) groups excluding carboxylic acids is 2. The first-order valence-electron chi connectivity index (χ1n) is 8.15. The average molecular weight is 337 g/mol. The number of urea groups is 1. The molecule has 0 spiro atoms. The summed E-state index contributed by atoms with van der Waals surface area (Å²) >= 11 is 0. The molecule has 7 heteroatoms. The summed E-state index contributed by atoms with van der Waals surface area (Å²) in [4.78, 5) is 25.4. The van der Waals surface area contributed by atoms with Crippen LogP contribution in [0.15, 0.2) is 24.3 Å². The van der Waals surface area contributed by atoms with E-state index in [0.717, 1.165) is 12.8 Å². The summed E-state index contributed by atoms with van der Waals surface area (Å²) in [6.45, 7) is 2.85. The van der Waals surface area contributed by atoms with Crippen LogP contribution in [0.1, 0.15) is 26.2 Å². The molecule has 3 amide bonds. The van der Waals surface area contributed by atoms with E-state index < -0.39 is 12.1 Å². The van der Waals surface area contributed by atoms with Crippen molar-refractivity contribution in [1.29, 1.82) is 0 Å². The van der Waals surface area contributed by atoms with Gasteiger partial charge < -0.3 is 10.1 Å². The highest BCUT2D eigenvalue weighted by Gasteiger charge is 2.25. The molecule has 24 heavy (non-hydrogen) atoms. The van der Waals surface area contributed by atoms with Crippen LogP contribution in [0.4, 0.5) is 9.18 Å². The molecule has 0 radical (unpaired) electrons. The summed E-state index contributed by atoms with van der Waals surface area (Å²) in [5, 5.41) is 5.07. The number of imide groups is 1. The number of likely N-dealkylation sites (N-methyl/N-ethyl adjacent to an activating group) is 1. The SMILES string of the molecule is C[C@H](C(=O)NC(=O)NC1CC1)N(C)CCCOc1ccc(F)cc1. The molecule has 2 rings (SSSR count). The number of nitrogens with zero attached hydrogens (tertiary/aromatic N) is 1. The lowest BCUT2D eigenvalue weighted by Crippen LogP contribution is -2.49. The molecule has 1 aliphatic carbocycles. The standard InChI is InChI=1S/C17H24FN3O3/c1-12(16(22)20-17(23)19-14-6-7-14)21(2)10-3-11-24-15-8-4-13(18)5-9-15/h4-5,8-9,12,14H,3,6-7,10-11H2,1-2H3,(H2,19,20,22,23)/t12-/m1/s1. The van der Waals surface area contributed by atoms with Crippen LogP contribution in [0.3, 0.4) is 0 Å². The maximum Gasteiger partial charge on any atom is 0.321 e. The van der Waals surface area contributed by atoms with Crippen LogP contribution in [0.5, 0.6) is 5.75 Å². The van der Waals surface area contributed by atoms with Crippen LogP contribution in [-0.4, -0.2) is 49.1 Å². The van der Waals surface area contributed by atoms with Gasteiger partial charge in [-0.15, -0.1) is 0 Å². The highest BCUT2D eigenvalue weighted by atomic mass is 19.1. The van der Waals surface area contributed by atoms with E-state index in [4.69, 9.17) is 4.74 Å². The Labute approximate surface area is 141 Å². The third-order valence-corrected chi connectivity index (χ3v) is 3.93. The summed E-state index contributed by atoms with van der Waals surface area (Å²) in [6.07, 6.45) is 2.66. The predicted octanol–water partition coefficient (Wildman–Crippen LogP) is 1.90. The molecular formula is C17H24FN3O3. The first-order valence-corrected chi connectivity index (χ1v) is 8.15. The number of rotatable bonds is 8. The van der Waals surface area contributed by atoms with Crippen molar-refractivity contribution in [2.75, 3.05) is 20.2 Å². The van der Waals surface area contributed by atoms with E-state index in [0.29, 0.717) is 25.3 Å². The zero-order valence-electron chi connectivity index (χ0n) is 14.0. The molecule has 1 fully saturated rings. The quantitative estimate of drug-likeness (QED) is 0.711. The van der Waals surface area contributed by atoms with Crippen LogP contribution < -0.4 is 15.4 Å². The van der Waals surface area contributed by atoms with Crippen molar-refractivity contribution >= 4 is 11.9 Å². The Bertz CT molecular complexity index is 561. The Kier molecular flexibility index (Phi) is 6.54. The molecule has 0 aliphatic heterocycles. The van der Waals surface area contributed by atoms with Crippen molar-refractivity contribution in [2.24, 2.45) is 0 Å². The first-order chi connectivity index (χ1) is 11.5. The second-order valence-corrected chi connectivity index (χ2v) is 6.05. The number of carbonyl (C=O) groups is 2. The van der Waals surface area contributed by atoms with E-state index in [1.54, 1.807) is 19.1 Å². The fourth-order valence-corrected chi connectivity index (χ4v) is 2.09. The molecule has 132 valence electrons. The van der Waals surface area contributed by atoms with Crippen molar-refractivity contribution in [3.05, 3.63) is 30.1 Å². The smallest absolute Gasteiger partial charge is 0.321 e.